The summed E-state index contributed by atoms with van der Waals surface area (Å²) in [5.41, 5.74) is 6.60. The number of benzene rings is 1. The number of rotatable bonds is 4. The van der Waals surface area contributed by atoms with Crippen LogP contribution in [0.5, 0.6) is 0 Å². The predicted molar refractivity (Wildman–Crippen MR) is 92.9 cm³/mol. The molecule has 0 unspecified atom stereocenters. The molecule has 1 fully saturated rings. The van der Waals surface area contributed by atoms with Gasteiger partial charge in [-0.2, -0.15) is 5.10 Å². The maximum Gasteiger partial charge on any atom is 0.269 e. The lowest BCUT2D eigenvalue weighted by Crippen LogP contribution is -3.12. The van der Waals surface area contributed by atoms with E-state index in [4.69, 9.17) is 0 Å². The van der Waals surface area contributed by atoms with Crippen LogP contribution in [0.25, 0.3) is 0 Å². The second-order valence-corrected chi connectivity index (χ2v) is 6.57. The van der Waals surface area contributed by atoms with Crippen molar-refractivity contribution in [3.63, 3.8) is 0 Å². The highest BCUT2D eigenvalue weighted by molar-refractivity contribution is 5.96. The first-order chi connectivity index (χ1) is 11.5. The number of hydrazine groups is 1. The molecule has 1 saturated heterocycles. The van der Waals surface area contributed by atoms with E-state index in [1.54, 1.807) is 0 Å². The summed E-state index contributed by atoms with van der Waals surface area (Å²) >= 11 is 0. The molecule has 2 heterocycles. The van der Waals surface area contributed by atoms with Gasteiger partial charge in [0.15, 0.2) is 0 Å². The second-order valence-electron chi connectivity index (χ2n) is 6.57. The second kappa shape index (κ2) is 7.15. The van der Waals surface area contributed by atoms with Crippen LogP contribution in [-0.2, 0) is 6.54 Å². The number of likely N-dealkylation sites (N-methyl/N-ethyl adjacent to an activating group) is 1. The average molecular weight is 328 g/mol. The highest BCUT2D eigenvalue weighted by Gasteiger charge is 2.23. The van der Waals surface area contributed by atoms with Crippen molar-refractivity contribution < 1.29 is 9.69 Å². The molecule has 6 heteroatoms. The van der Waals surface area contributed by atoms with E-state index in [1.165, 1.54) is 10.5 Å². The van der Waals surface area contributed by atoms with E-state index in [2.05, 4.69) is 29.7 Å². The van der Waals surface area contributed by atoms with Crippen molar-refractivity contribution in [1.82, 2.24) is 20.2 Å². The van der Waals surface area contributed by atoms with Crippen LogP contribution in [0.3, 0.4) is 0 Å². The maximum atomic E-state index is 12.7. The molecule has 1 aromatic heterocycles. The van der Waals surface area contributed by atoms with E-state index in [0.29, 0.717) is 12.1 Å². The number of hydrogen-bond acceptors (Lipinski definition) is 3. The molecule has 0 radical (unpaired) electrons. The van der Waals surface area contributed by atoms with Gasteiger partial charge in [0.2, 0.25) is 0 Å². The molecule has 0 atom stereocenters. The Balaban J connectivity index is 1.72. The van der Waals surface area contributed by atoms with Gasteiger partial charge in [0.05, 0.1) is 51.0 Å². The molecule has 1 amide bonds. The lowest BCUT2D eigenvalue weighted by molar-refractivity contribution is -0.884. The number of carbonyl (C=O) groups excluding carboxylic acids is 1. The molecule has 1 aromatic carbocycles. The van der Waals surface area contributed by atoms with Gasteiger partial charge in [-0.1, -0.05) is 30.3 Å². The smallest absolute Gasteiger partial charge is 0.269 e. The number of nitrogens with one attached hydrogen (secondary N) is 2. The molecule has 6 nitrogen and oxygen atoms in total. The molecule has 0 aliphatic carbocycles. The van der Waals surface area contributed by atoms with Gasteiger partial charge in [-0.3, -0.25) is 14.9 Å². The van der Waals surface area contributed by atoms with Crippen LogP contribution in [0.15, 0.2) is 30.3 Å². The fourth-order valence-corrected chi connectivity index (χ4v) is 3.14. The SMILES string of the molecule is Cc1nn(Cc2ccccc2)c(C)c1C(=O)NN1CC[NH+](C)CC1. The van der Waals surface area contributed by atoms with Crippen molar-refractivity contribution in [3.8, 4) is 0 Å². The third-order valence-electron chi connectivity index (χ3n) is 4.66. The van der Waals surface area contributed by atoms with Crippen LogP contribution in [0.1, 0.15) is 27.3 Å². The molecule has 0 bridgehead atoms. The minimum atomic E-state index is -0.0520. The van der Waals surface area contributed by atoms with Crippen LogP contribution in [0.2, 0.25) is 0 Å². The van der Waals surface area contributed by atoms with Gasteiger partial charge in [-0.15, -0.1) is 0 Å². The molecule has 3 rings (SSSR count). The summed E-state index contributed by atoms with van der Waals surface area (Å²) in [5.74, 6) is -0.0520. The van der Waals surface area contributed by atoms with Gasteiger partial charge in [0.25, 0.3) is 5.91 Å². The number of aromatic nitrogens is 2. The third kappa shape index (κ3) is 3.66. The number of piperazine rings is 1. The normalized spacial score (nSPS) is 16.3. The largest absolute Gasteiger partial charge is 0.335 e. The summed E-state index contributed by atoms with van der Waals surface area (Å²) in [6.07, 6.45) is 0. The summed E-state index contributed by atoms with van der Waals surface area (Å²) in [6.45, 7) is 8.40. The highest BCUT2D eigenvalue weighted by atomic mass is 16.2. The van der Waals surface area contributed by atoms with Gasteiger partial charge in [0, 0.05) is 5.69 Å². The van der Waals surface area contributed by atoms with E-state index in [-0.39, 0.29) is 5.91 Å². The molecule has 2 aromatic rings. The Bertz CT molecular complexity index is 702. The summed E-state index contributed by atoms with van der Waals surface area (Å²) < 4.78 is 1.91. The van der Waals surface area contributed by atoms with E-state index in [0.717, 1.165) is 37.6 Å². The molecule has 1 aliphatic heterocycles. The molecule has 0 saturated carbocycles. The highest BCUT2D eigenvalue weighted by Crippen LogP contribution is 2.15. The van der Waals surface area contributed by atoms with Crippen LogP contribution in [0.4, 0.5) is 0 Å². The van der Waals surface area contributed by atoms with Gasteiger partial charge in [0.1, 0.15) is 0 Å². The van der Waals surface area contributed by atoms with Crippen molar-refractivity contribution in [1.29, 1.82) is 0 Å². The molecular weight excluding hydrogens is 302 g/mol. The predicted octanol–water partition coefficient (Wildman–Crippen LogP) is 0.0233. The summed E-state index contributed by atoms with van der Waals surface area (Å²) in [4.78, 5) is 14.2. The quantitative estimate of drug-likeness (QED) is 0.832. The Labute approximate surface area is 143 Å². The van der Waals surface area contributed by atoms with Crippen LogP contribution < -0.4 is 10.3 Å². The van der Waals surface area contributed by atoms with Crippen molar-refractivity contribution in [3.05, 3.63) is 52.8 Å². The zero-order valence-electron chi connectivity index (χ0n) is 14.7. The first-order valence-electron chi connectivity index (χ1n) is 8.49. The Kier molecular flexibility index (Phi) is 4.97. The first kappa shape index (κ1) is 16.7. The molecular formula is C18H26N5O+. The van der Waals surface area contributed by atoms with E-state index >= 15 is 0 Å². The van der Waals surface area contributed by atoms with Crippen LogP contribution in [-0.4, -0.2) is 53.9 Å². The van der Waals surface area contributed by atoms with Crippen molar-refractivity contribution in [2.45, 2.75) is 20.4 Å². The molecule has 24 heavy (non-hydrogen) atoms. The summed E-state index contributed by atoms with van der Waals surface area (Å²) in [5, 5.41) is 6.58. The Morgan fingerprint density at radius 1 is 1.21 bits per heavy atom. The minimum absolute atomic E-state index is 0.0520. The number of hydrogen-bond donors (Lipinski definition) is 2. The Hall–Kier alpha value is -2.18. The van der Waals surface area contributed by atoms with Crippen LogP contribution >= 0.6 is 0 Å². The number of amides is 1. The number of carbonyl (C=O) groups is 1. The lowest BCUT2D eigenvalue weighted by atomic mass is 10.2. The van der Waals surface area contributed by atoms with Crippen molar-refractivity contribution in [2.24, 2.45) is 0 Å². The Morgan fingerprint density at radius 2 is 1.88 bits per heavy atom. The van der Waals surface area contributed by atoms with Gasteiger partial charge in [-0.05, 0) is 19.4 Å². The minimum Gasteiger partial charge on any atom is -0.335 e. The summed E-state index contributed by atoms with van der Waals surface area (Å²) in [7, 11) is 2.18. The van der Waals surface area contributed by atoms with Crippen molar-refractivity contribution >= 4 is 5.91 Å². The fraction of sp³-hybridized carbons (Fsp3) is 0.444. The van der Waals surface area contributed by atoms with Gasteiger partial charge >= 0.3 is 0 Å². The maximum absolute atomic E-state index is 12.7. The fourth-order valence-electron chi connectivity index (χ4n) is 3.14. The first-order valence-corrected chi connectivity index (χ1v) is 8.49. The van der Waals surface area contributed by atoms with E-state index < -0.39 is 0 Å². The van der Waals surface area contributed by atoms with Gasteiger partial charge < -0.3 is 4.90 Å². The van der Waals surface area contributed by atoms with Crippen LogP contribution in [0, 0.1) is 13.8 Å². The third-order valence-corrected chi connectivity index (χ3v) is 4.66. The molecule has 0 spiro atoms. The topological polar surface area (TPSA) is 54.6 Å². The molecule has 1 aliphatic rings. The molecule has 2 N–H and O–H groups in total. The lowest BCUT2D eigenvalue weighted by Gasteiger charge is -2.30. The zero-order chi connectivity index (χ0) is 17.1. The summed E-state index contributed by atoms with van der Waals surface area (Å²) in [6, 6.07) is 10.2. The van der Waals surface area contributed by atoms with Crippen molar-refractivity contribution in [2.75, 3.05) is 33.2 Å². The standard InChI is InChI=1S/C18H25N5O/c1-14-17(18(24)20-22-11-9-21(3)10-12-22)15(2)23(19-14)13-16-7-5-4-6-8-16/h4-8H,9-13H2,1-3H3,(H,20,24)/p+1. The van der Waals surface area contributed by atoms with E-state index in [1.807, 2.05) is 41.7 Å². The average Bonchev–Trinajstić information content (AvgIpc) is 2.84. The van der Waals surface area contributed by atoms with Gasteiger partial charge in [-0.25, -0.2) is 5.01 Å². The zero-order valence-corrected chi connectivity index (χ0v) is 14.7. The Morgan fingerprint density at radius 3 is 2.54 bits per heavy atom. The monoisotopic (exact) mass is 328 g/mol. The number of aryl methyl sites for hydroxylation is 1. The van der Waals surface area contributed by atoms with E-state index in [9.17, 15) is 4.79 Å². The molecule has 128 valence electrons. The number of nitrogens with zero attached hydrogens (tertiary/aromatic N) is 3. The number of quaternary nitrogens is 1.